The summed E-state index contributed by atoms with van der Waals surface area (Å²) >= 11 is 1.31. The minimum absolute atomic E-state index is 0.110. The molecule has 4 rings (SSSR count). The average Bonchev–Trinajstić information content (AvgIpc) is 3.28. The Morgan fingerprint density at radius 3 is 2.79 bits per heavy atom. The van der Waals surface area contributed by atoms with Crippen LogP contribution in [0.2, 0.25) is 0 Å². The number of nitrogens with one attached hydrogen (secondary N) is 2. The van der Waals surface area contributed by atoms with Crippen molar-refractivity contribution in [3.8, 4) is 0 Å². The van der Waals surface area contributed by atoms with Crippen molar-refractivity contribution in [3.05, 3.63) is 56.9 Å². The van der Waals surface area contributed by atoms with Crippen molar-refractivity contribution >= 4 is 43.4 Å². The van der Waals surface area contributed by atoms with E-state index in [0.717, 1.165) is 20.3 Å². The van der Waals surface area contributed by atoms with Crippen LogP contribution in [0.25, 0.3) is 20.3 Å². The van der Waals surface area contributed by atoms with Gasteiger partial charge >= 0.3 is 5.69 Å². The summed E-state index contributed by atoms with van der Waals surface area (Å²) < 4.78 is 8.81. The Morgan fingerprint density at radius 1 is 1.28 bits per heavy atom. The van der Waals surface area contributed by atoms with E-state index in [9.17, 15) is 14.4 Å². The van der Waals surface area contributed by atoms with Crippen LogP contribution in [0.15, 0.2) is 39.9 Å². The molecule has 0 bridgehead atoms. The first-order valence-electron chi connectivity index (χ1n) is 8.95. The predicted molar refractivity (Wildman–Crippen MR) is 112 cm³/mol. The predicted octanol–water partition coefficient (Wildman–Crippen LogP) is 1.69. The number of amides is 1. The molecule has 0 atom stereocenters. The van der Waals surface area contributed by atoms with E-state index in [1.165, 1.54) is 23.0 Å². The fourth-order valence-corrected chi connectivity index (χ4v) is 4.39. The number of thiophene rings is 1. The van der Waals surface area contributed by atoms with Gasteiger partial charge in [0.2, 0.25) is 5.91 Å². The molecule has 3 aromatic heterocycles. The summed E-state index contributed by atoms with van der Waals surface area (Å²) in [6.45, 7) is 1.90. The number of aryl methyl sites for hydroxylation is 1. The van der Waals surface area contributed by atoms with Gasteiger partial charge in [-0.05, 0) is 13.0 Å². The lowest BCUT2D eigenvalue weighted by atomic mass is 10.2. The van der Waals surface area contributed by atoms with Gasteiger partial charge in [-0.15, -0.1) is 11.3 Å². The van der Waals surface area contributed by atoms with Gasteiger partial charge in [0, 0.05) is 29.0 Å². The molecule has 0 aliphatic carbocycles. The lowest BCUT2D eigenvalue weighted by Gasteiger charge is -2.12. The molecule has 0 radical (unpaired) electrons. The minimum Gasteiger partial charge on any atom is -0.383 e. The van der Waals surface area contributed by atoms with Crippen molar-refractivity contribution in [2.24, 2.45) is 0 Å². The molecule has 0 aliphatic heterocycles. The van der Waals surface area contributed by atoms with Crippen LogP contribution in [-0.4, -0.2) is 39.0 Å². The number of hydrogen-bond donors (Lipinski definition) is 2. The quantitative estimate of drug-likeness (QED) is 0.500. The Hall–Kier alpha value is -3.24. The molecule has 2 N–H and O–H groups in total. The summed E-state index contributed by atoms with van der Waals surface area (Å²) in [7, 11) is 1.50. The number of aromatic nitrogens is 4. The van der Waals surface area contributed by atoms with Gasteiger partial charge in [-0.2, -0.15) is 5.10 Å². The number of H-pyrrole nitrogens is 1. The van der Waals surface area contributed by atoms with Crippen molar-refractivity contribution in [2.45, 2.75) is 20.0 Å². The molecule has 1 aromatic carbocycles. The molecule has 0 saturated carbocycles. The number of hydrogen-bond acceptors (Lipinski definition) is 6. The van der Waals surface area contributed by atoms with Crippen molar-refractivity contribution in [2.75, 3.05) is 19.0 Å². The van der Waals surface area contributed by atoms with Gasteiger partial charge in [0.1, 0.15) is 11.2 Å². The second-order valence-electron chi connectivity index (χ2n) is 6.58. The van der Waals surface area contributed by atoms with E-state index in [1.54, 1.807) is 6.07 Å². The minimum atomic E-state index is -0.545. The van der Waals surface area contributed by atoms with E-state index in [4.69, 9.17) is 4.74 Å². The van der Waals surface area contributed by atoms with E-state index < -0.39 is 11.6 Å². The third-order valence-corrected chi connectivity index (χ3v) is 5.68. The molecule has 0 unspecified atom stereocenters. The van der Waals surface area contributed by atoms with Crippen molar-refractivity contribution < 1.29 is 9.53 Å². The number of carbonyl (C=O) groups is 1. The highest BCUT2D eigenvalue weighted by atomic mass is 32.1. The van der Waals surface area contributed by atoms with Crippen LogP contribution in [-0.2, 0) is 22.6 Å². The maximum atomic E-state index is 13.1. The van der Waals surface area contributed by atoms with Crippen LogP contribution in [0.5, 0.6) is 0 Å². The third-order valence-electron chi connectivity index (χ3n) is 4.53. The first-order chi connectivity index (χ1) is 14.0. The molecule has 3 heterocycles. The van der Waals surface area contributed by atoms with Gasteiger partial charge < -0.3 is 10.1 Å². The van der Waals surface area contributed by atoms with Gasteiger partial charge in [0.25, 0.3) is 5.56 Å². The van der Waals surface area contributed by atoms with E-state index in [-0.39, 0.29) is 25.3 Å². The molecule has 9 nitrogen and oxygen atoms in total. The van der Waals surface area contributed by atoms with E-state index >= 15 is 0 Å². The Kier molecular flexibility index (Phi) is 5.03. The molecule has 0 spiro atoms. The molecule has 29 heavy (non-hydrogen) atoms. The monoisotopic (exact) mass is 413 g/mol. The fourth-order valence-electron chi connectivity index (χ4n) is 3.23. The number of aromatic amines is 1. The molecule has 10 heteroatoms. The summed E-state index contributed by atoms with van der Waals surface area (Å²) in [4.78, 5) is 38.7. The van der Waals surface area contributed by atoms with Gasteiger partial charge in [0.05, 0.1) is 18.7 Å². The molecule has 0 saturated heterocycles. The highest BCUT2D eigenvalue weighted by Crippen LogP contribution is 2.30. The Bertz CT molecular complexity index is 1330. The smallest absolute Gasteiger partial charge is 0.332 e. The highest BCUT2D eigenvalue weighted by Gasteiger charge is 2.20. The van der Waals surface area contributed by atoms with E-state index in [2.05, 4.69) is 15.5 Å². The number of ether oxygens (including phenoxy) is 1. The maximum Gasteiger partial charge on any atom is 0.332 e. The van der Waals surface area contributed by atoms with Crippen LogP contribution in [0.4, 0.5) is 5.82 Å². The van der Waals surface area contributed by atoms with Crippen LogP contribution >= 0.6 is 11.3 Å². The first-order valence-corrected chi connectivity index (χ1v) is 9.77. The summed E-state index contributed by atoms with van der Waals surface area (Å²) in [5, 5.41) is 10.2. The lowest BCUT2D eigenvalue weighted by Crippen LogP contribution is -2.42. The summed E-state index contributed by atoms with van der Waals surface area (Å²) in [6.07, 6.45) is 0. The van der Waals surface area contributed by atoms with E-state index in [1.807, 2.05) is 31.2 Å². The number of nitrogens with zero attached hydrogens (tertiary/aromatic N) is 3. The molecule has 0 aliphatic rings. The zero-order chi connectivity index (χ0) is 20.5. The van der Waals surface area contributed by atoms with Gasteiger partial charge in [-0.1, -0.05) is 18.2 Å². The second kappa shape index (κ2) is 7.64. The Balaban J connectivity index is 1.87. The average molecular weight is 413 g/mol. The number of anilines is 1. The van der Waals surface area contributed by atoms with Gasteiger partial charge in [0.15, 0.2) is 5.82 Å². The van der Waals surface area contributed by atoms with Gasteiger partial charge in [-0.3, -0.25) is 23.8 Å². The number of benzene rings is 1. The lowest BCUT2D eigenvalue weighted by molar-refractivity contribution is -0.116. The number of rotatable bonds is 6. The summed E-state index contributed by atoms with van der Waals surface area (Å²) in [5.41, 5.74) is 0.360. The fraction of sp³-hybridized carbons (Fsp3) is 0.263. The van der Waals surface area contributed by atoms with Gasteiger partial charge in [-0.25, -0.2) is 4.79 Å². The zero-order valence-electron chi connectivity index (χ0n) is 15.9. The molecular weight excluding hydrogens is 394 g/mol. The third kappa shape index (κ3) is 3.47. The molecule has 4 aromatic rings. The van der Waals surface area contributed by atoms with E-state index in [0.29, 0.717) is 16.0 Å². The topological polar surface area (TPSA) is 111 Å². The summed E-state index contributed by atoms with van der Waals surface area (Å²) in [6, 6.07) is 9.14. The molecular formula is C19H19N5O4S. The molecule has 150 valence electrons. The standard InChI is InChI=1S/C19H19N5O4S/c1-11-9-14(22-21-11)20-15(25)10-24-16-12-5-3-4-6-13(12)29-17(16)18(26)23(19(24)27)7-8-28-2/h3-6,9H,7-8,10H2,1-2H3,(H2,20,21,22,25). The van der Waals surface area contributed by atoms with Crippen LogP contribution < -0.4 is 16.6 Å². The first kappa shape index (κ1) is 19.1. The number of carbonyl (C=O) groups excluding carboxylic acids is 1. The second-order valence-corrected chi connectivity index (χ2v) is 7.63. The van der Waals surface area contributed by atoms with Crippen molar-refractivity contribution in [1.82, 2.24) is 19.3 Å². The normalized spacial score (nSPS) is 11.4. The van der Waals surface area contributed by atoms with Crippen molar-refractivity contribution in [1.29, 1.82) is 0 Å². The molecule has 0 fully saturated rings. The van der Waals surface area contributed by atoms with Crippen LogP contribution in [0.3, 0.4) is 0 Å². The number of fused-ring (bicyclic) bond motifs is 3. The van der Waals surface area contributed by atoms with Crippen LogP contribution in [0, 0.1) is 6.92 Å². The number of methoxy groups -OCH3 is 1. The Labute approximate surface area is 168 Å². The largest absolute Gasteiger partial charge is 0.383 e. The SMILES string of the molecule is COCCn1c(=O)c2sc3ccccc3c2n(CC(=O)Nc2cc(C)[nH]n2)c1=O. The maximum absolute atomic E-state index is 13.1. The zero-order valence-corrected chi connectivity index (χ0v) is 16.7. The van der Waals surface area contributed by atoms with Crippen LogP contribution in [0.1, 0.15) is 5.69 Å². The van der Waals surface area contributed by atoms with Crippen molar-refractivity contribution in [3.63, 3.8) is 0 Å². The Morgan fingerprint density at radius 2 is 2.07 bits per heavy atom. The molecule has 1 amide bonds. The highest BCUT2D eigenvalue weighted by molar-refractivity contribution is 7.25. The summed E-state index contributed by atoms with van der Waals surface area (Å²) in [5.74, 6) is -0.0354.